The van der Waals surface area contributed by atoms with Crippen LogP contribution >= 0.6 is 0 Å². The lowest BCUT2D eigenvalue weighted by molar-refractivity contribution is -0.113. The van der Waals surface area contributed by atoms with E-state index in [9.17, 15) is 9.59 Å². The van der Waals surface area contributed by atoms with Gasteiger partial charge in [-0.3, -0.25) is 10.1 Å². The Hall–Kier alpha value is -2.70. The predicted molar refractivity (Wildman–Crippen MR) is 94.7 cm³/mol. The van der Waals surface area contributed by atoms with Gasteiger partial charge in [0.25, 0.3) is 5.91 Å². The van der Waals surface area contributed by atoms with Crippen LogP contribution in [0.25, 0.3) is 0 Å². The number of amides is 2. The number of methoxy groups -OCH3 is 1. The Morgan fingerprint density at radius 2 is 1.92 bits per heavy atom. The summed E-state index contributed by atoms with van der Waals surface area (Å²) in [5.41, 5.74) is 0.768. The molecule has 0 radical (unpaired) electrons. The van der Waals surface area contributed by atoms with E-state index < -0.39 is 11.7 Å². The number of nitrogens with one attached hydrogen (secondary N) is 2. The molecule has 7 heteroatoms. The summed E-state index contributed by atoms with van der Waals surface area (Å²) in [6.07, 6.45) is 2.30. The van der Waals surface area contributed by atoms with Crippen molar-refractivity contribution in [3.8, 4) is 5.75 Å². The van der Waals surface area contributed by atoms with E-state index >= 15 is 0 Å². The van der Waals surface area contributed by atoms with E-state index in [2.05, 4.69) is 10.6 Å². The molecule has 25 heavy (non-hydrogen) atoms. The fourth-order valence-electron chi connectivity index (χ4n) is 2.21. The van der Waals surface area contributed by atoms with Crippen LogP contribution in [-0.2, 0) is 14.3 Å². The lowest BCUT2D eigenvalue weighted by atomic mass is 10.1. The molecule has 0 unspecified atom stereocenters. The lowest BCUT2D eigenvalue weighted by Crippen LogP contribution is -2.27. The summed E-state index contributed by atoms with van der Waals surface area (Å²) >= 11 is 0. The molecule has 1 aliphatic rings. The van der Waals surface area contributed by atoms with E-state index in [1.165, 1.54) is 13.4 Å². The van der Waals surface area contributed by atoms with Crippen LogP contribution in [0.5, 0.6) is 5.75 Å². The fourth-order valence-corrected chi connectivity index (χ4v) is 2.21. The Labute approximate surface area is 147 Å². The SMILES string of the molecule is COc1ccc(NC(=O)OC(C)(C)C)c(NC(=O)C2=COCCC2)c1. The molecule has 2 N–H and O–H groups in total. The first-order chi connectivity index (χ1) is 11.8. The third-order valence-electron chi connectivity index (χ3n) is 3.34. The monoisotopic (exact) mass is 348 g/mol. The second kappa shape index (κ2) is 7.92. The maximum absolute atomic E-state index is 12.4. The third kappa shape index (κ3) is 5.70. The highest BCUT2D eigenvalue weighted by Gasteiger charge is 2.19. The maximum atomic E-state index is 12.4. The number of rotatable bonds is 4. The summed E-state index contributed by atoms with van der Waals surface area (Å²) in [7, 11) is 1.53. The molecule has 0 aromatic heterocycles. The molecule has 0 bridgehead atoms. The van der Waals surface area contributed by atoms with Crippen molar-refractivity contribution in [2.24, 2.45) is 0 Å². The lowest BCUT2D eigenvalue weighted by Gasteiger charge is -2.21. The van der Waals surface area contributed by atoms with Crippen LogP contribution in [0.15, 0.2) is 30.0 Å². The van der Waals surface area contributed by atoms with Crippen molar-refractivity contribution >= 4 is 23.4 Å². The standard InChI is InChI=1S/C18H24N2O5/c1-18(2,3)25-17(22)20-14-8-7-13(23-4)10-15(14)19-16(21)12-6-5-9-24-11-12/h7-8,10-11H,5-6,9H2,1-4H3,(H,19,21)(H,20,22). The van der Waals surface area contributed by atoms with Crippen LogP contribution in [0.2, 0.25) is 0 Å². The largest absolute Gasteiger partial charge is 0.501 e. The highest BCUT2D eigenvalue weighted by atomic mass is 16.6. The van der Waals surface area contributed by atoms with Crippen LogP contribution in [0.1, 0.15) is 33.6 Å². The van der Waals surface area contributed by atoms with Gasteiger partial charge in [0.2, 0.25) is 0 Å². The highest BCUT2D eigenvalue weighted by molar-refractivity contribution is 6.06. The first kappa shape index (κ1) is 18.6. The normalized spacial score (nSPS) is 14.0. The first-order valence-corrected chi connectivity index (χ1v) is 8.08. The van der Waals surface area contributed by atoms with Crippen LogP contribution in [-0.4, -0.2) is 31.3 Å². The minimum Gasteiger partial charge on any atom is -0.501 e. The van der Waals surface area contributed by atoms with Gasteiger partial charge in [-0.2, -0.15) is 0 Å². The van der Waals surface area contributed by atoms with E-state index in [0.29, 0.717) is 35.7 Å². The summed E-state index contributed by atoms with van der Waals surface area (Å²) < 4.78 is 15.6. The molecule has 1 heterocycles. The molecule has 0 saturated heterocycles. The second-order valence-electron chi connectivity index (χ2n) is 6.61. The van der Waals surface area contributed by atoms with E-state index in [0.717, 1.165) is 6.42 Å². The van der Waals surface area contributed by atoms with E-state index in [1.807, 2.05) is 0 Å². The zero-order chi connectivity index (χ0) is 18.4. The van der Waals surface area contributed by atoms with Gasteiger partial charge in [0.1, 0.15) is 11.4 Å². The number of anilines is 2. The van der Waals surface area contributed by atoms with E-state index in [-0.39, 0.29) is 5.91 Å². The van der Waals surface area contributed by atoms with Gasteiger partial charge in [0.05, 0.1) is 36.9 Å². The summed E-state index contributed by atoms with van der Waals surface area (Å²) in [5.74, 6) is 0.277. The highest BCUT2D eigenvalue weighted by Crippen LogP contribution is 2.28. The van der Waals surface area contributed by atoms with Gasteiger partial charge in [0.15, 0.2) is 0 Å². The second-order valence-corrected chi connectivity index (χ2v) is 6.61. The predicted octanol–water partition coefficient (Wildman–Crippen LogP) is 3.68. The number of ether oxygens (including phenoxy) is 3. The van der Waals surface area contributed by atoms with E-state index in [4.69, 9.17) is 14.2 Å². The number of hydrogen-bond donors (Lipinski definition) is 2. The number of hydrogen-bond acceptors (Lipinski definition) is 5. The van der Waals surface area contributed by atoms with Gasteiger partial charge in [-0.05, 0) is 45.7 Å². The molecular weight excluding hydrogens is 324 g/mol. The summed E-state index contributed by atoms with van der Waals surface area (Å²) in [4.78, 5) is 24.4. The van der Waals surface area contributed by atoms with Crippen LogP contribution < -0.4 is 15.4 Å². The van der Waals surface area contributed by atoms with Gasteiger partial charge in [-0.15, -0.1) is 0 Å². The molecule has 136 valence electrons. The molecular formula is C18H24N2O5. The van der Waals surface area contributed by atoms with Gasteiger partial charge in [-0.25, -0.2) is 4.79 Å². The van der Waals surface area contributed by atoms with Crippen molar-refractivity contribution in [3.63, 3.8) is 0 Å². The van der Waals surface area contributed by atoms with Gasteiger partial charge >= 0.3 is 6.09 Å². The maximum Gasteiger partial charge on any atom is 0.412 e. The molecule has 1 aromatic carbocycles. The van der Waals surface area contributed by atoms with Gasteiger partial charge < -0.3 is 19.5 Å². The van der Waals surface area contributed by atoms with Gasteiger partial charge in [0, 0.05) is 6.07 Å². The van der Waals surface area contributed by atoms with Crippen molar-refractivity contribution in [2.75, 3.05) is 24.4 Å². The van der Waals surface area contributed by atoms with Crippen molar-refractivity contribution in [1.29, 1.82) is 0 Å². The van der Waals surface area contributed by atoms with Crippen molar-refractivity contribution in [1.82, 2.24) is 0 Å². The topological polar surface area (TPSA) is 85.9 Å². The Morgan fingerprint density at radius 1 is 1.16 bits per heavy atom. The molecule has 0 saturated carbocycles. The van der Waals surface area contributed by atoms with E-state index in [1.54, 1.807) is 39.0 Å². The summed E-state index contributed by atoms with van der Waals surface area (Å²) in [6.45, 7) is 5.94. The molecule has 1 aromatic rings. The first-order valence-electron chi connectivity index (χ1n) is 8.08. The summed E-state index contributed by atoms with van der Waals surface area (Å²) in [6, 6.07) is 4.96. The molecule has 7 nitrogen and oxygen atoms in total. The van der Waals surface area contributed by atoms with Crippen molar-refractivity contribution in [2.45, 2.75) is 39.2 Å². The molecule has 0 spiro atoms. The Balaban J connectivity index is 2.18. The molecule has 1 aliphatic heterocycles. The summed E-state index contributed by atoms with van der Waals surface area (Å²) in [5, 5.41) is 5.43. The quantitative estimate of drug-likeness (QED) is 0.867. The Morgan fingerprint density at radius 3 is 2.52 bits per heavy atom. The smallest absolute Gasteiger partial charge is 0.412 e. The van der Waals surface area contributed by atoms with Crippen LogP contribution in [0.3, 0.4) is 0 Å². The molecule has 2 rings (SSSR count). The molecule has 0 aliphatic carbocycles. The van der Waals surface area contributed by atoms with Crippen molar-refractivity contribution < 1.29 is 23.8 Å². The van der Waals surface area contributed by atoms with Crippen LogP contribution in [0.4, 0.5) is 16.2 Å². The molecule has 0 atom stereocenters. The minimum absolute atomic E-state index is 0.278. The fraction of sp³-hybridized carbons (Fsp3) is 0.444. The van der Waals surface area contributed by atoms with Gasteiger partial charge in [-0.1, -0.05) is 0 Å². The Kier molecular flexibility index (Phi) is 5.90. The minimum atomic E-state index is -0.621. The van der Waals surface area contributed by atoms with Crippen molar-refractivity contribution in [3.05, 3.63) is 30.0 Å². The number of carbonyl (C=O) groups excluding carboxylic acids is 2. The molecule has 0 fully saturated rings. The zero-order valence-electron chi connectivity index (χ0n) is 15.0. The third-order valence-corrected chi connectivity index (χ3v) is 3.34. The molecule has 2 amide bonds. The van der Waals surface area contributed by atoms with Crippen LogP contribution in [0, 0.1) is 0 Å². The number of carbonyl (C=O) groups is 2. The number of benzene rings is 1. The zero-order valence-corrected chi connectivity index (χ0v) is 15.0. The average Bonchev–Trinajstić information content (AvgIpc) is 2.55. The average molecular weight is 348 g/mol. The Bertz CT molecular complexity index is 677.